The van der Waals surface area contributed by atoms with Gasteiger partial charge >= 0.3 is 5.97 Å². The molecule has 0 aliphatic carbocycles. The van der Waals surface area contributed by atoms with E-state index in [0.717, 1.165) is 4.41 Å². The highest BCUT2D eigenvalue weighted by molar-refractivity contribution is 7.89. The fourth-order valence-corrected chi connectivity index (χ4v) is 5.79. The molecule has 35 heavy (non-hydrogen) atoms. The van der Waals surface area contributed by atoms with Gasteiger partial charge in [0.2, 0.25) is 0 Å². The molecule has 0 saturated carbocycles. The molecular formula is C25H19F2N3O4S. The molecule has 0 amide bonds. The maximum Gasteiger partial charge on any atom is 0.323 e. The third-order valence-electron chi connectivity index (χ3n) is 5.96. The smallest absolute Gasteiger partial charge is 0.323 e. The number of hydrogen-bond donors (Lipinski definition) is 1. The van der Waals surface area contributed by atoms with Gasteiger partial charge in [0, 0.05) is 27.7 Å². The van der Waals surface area contributed by atoms with E-state index in [1.807, 2.05) is 0 Å². The summed E-state index contributed by atoms with van der Waals surface area (Å²) in [4.78, 5) is 11.6. The zero-order chi connectivity index (χ0) is 24.9. The second-order valence-corrected chi connectivity index (χ2v) is 9.97. The van der Waals surface area contributed by atoms with Crippen LogP contribution >= 0.6 is 0 Å². The maximum atomic E-state index is 14.3. The lowest BCUT2D eigenvalue weighted by atomic mass is 9.99. The lowest BCUT2D eigenvalue weighted by Crippen LogP contribution is -2.33. The number of benzene rings is 3. The lowest BCUT2D eigenvalue weighted by Gasteiger charge is -2.27. The number of aromatic nitrogens is 1. The average molecular weight is 496 g/mol. The Morgan fingerprint density at radius 3 is 2.40 bits per heavy atom. The highest BCUT2D eigenvalue weighted by Crippen LogP contribution is 2.35. The monoisotopic (exact) mass is 495 g/mol. The predicted octanol–water partition coefficient (Wildman–Crippen LogP) is 4.27. The summed E-state index contributed by atoms with van der Waals surface area (Å²) in [5, 5.41) is 14.3. The minimum Gasteiger partial charge on any atom is -0.480 e. The van der Waals surface area contributed by atoms with Gasteiger partial charge in [-0.15, -0.1) is 0 Å². The highest BCUT2D eigenvalue weighted by atomic mass is 32.2. The van der Waals surface area contributed by atoms with E-state index in [1.54, 1.807) is 25.1 Å². The number of aliphatic carboxylic acids is 1. The number of sulfonamides is 1. The molecule has 0 spiro atoms. The van der Waals surface area contributed by atoms with Crippen LogP contribution in [0.5, 0.6) is 0 Å². The van der Waals surface area contributed by atoms with Gasteiger partial charge in [-0.25, -0.2) is 8.78 Å². The molecule has 4 aromatic rings. The van der Waals surface area contributed by atoms with Crippen LogP contribution in [0.15, 0.2) is 76.7 Å². The Labute approximate surface area is 199 Å². The molecule has 0 saturated heterocycles. The number of nitrogens with zero attached hydrogens (tertiary/aromatic N) is 3. The van der Waals surface area contributed by atoms with Gasteiger partial charge in [-0.3, -0.25) is 4.79 Å². The molecule has 10 heteroatoms. The Morgan fingerprint density at radius 2 is 1.69 bits per heavy atom. The van der Waals surface area contributed by atoms with Crippen LogP contribution in [0.25, 0.3) is 10.9 Å². The van der Waals surface area contributed by atoms with Crippen LogP contribution in [-0.2, 0) is 27.9 Å². The molecule has 5 rings (SSSR count). The Balaban J connectivity index is 1.77. The first-order valence-corrected chi connectivity index (χ1v) is 12.1. The van der Waals surface area contributed by atoms with Crippen LogP contribution in [0.2, 0.25) is 0 Å². The zero-order valence-electron chi connectivity index (χ0n) is 18.4. The van der Waals surface area contributed by atoms with Crippen LogP contribution in [0.4, 0.5) is 8.78 Å². The van der Waals surface area contributed by atoms with Gasteiger partial charge in [0.1, 0.15) is 23.9 Å². The summed E-state index contributed by atoms with van der Waals surface area (Å²) in [6, 6.07) is 15.8. The van der Waals surface area contributed by atoms with E-state index in [-0.39, 0.29) is 23.7 Å². The zero-order valence-corrected chi connectivity index (χ0v) is 19.3. The van der Waals surface area contributed by atoms with Crippen LogP contribution < -0.4 is 0 Å². The normalized spacial score (nSPS) is 14.6. The van der Waals surface area contributed by atoms with Crippen LogP contribution in [0.1, 0.15) is 22.4 Å². The van der Waals surface area contributed by atoms with Crippen molar-refractivity contribution < 1.29 is 27.1 Å². The molecule has 0 fully saturated rings. The molecule has 3 aromatic carbocycles. The summed E-state index contributed by atoms with van der Waals surface area (Å²) < 4.78 is 57.0. The van der Waals surface area contributed by atoms with E-state index in [9.17, 15) is 27.1 Å². The van der Waals surface area contributed by atoms with E-state index >= 15 is 0 Å². The largest absolute Gasteiger partial charge is 0.480 e. The number of rotatable bonds is 5. The quantitative estimate of drug-likeness (QED) is 0.448. The van der Waals surface area contributed by atoms with Crippen LogP contribution in [0, 0.1) is 18.6 Å². The number of carboxylic acid groups (broad SMARTS) is 1. The van der Waals surface area contributed by atoms with E-state index in [1.165, 1.54) is 53.1 Å². The summed E-state index contributed by atoms with van der Waals surface area (Å²) in [7, 11) is -4.04. The number of fused-ring (bicyclic) bond motifs is 2. The molecule has 1 aliphatic heterocycles. The minimum atomic E-state index is -4.04. The molecule has 0 atom stereocenters. The van der Waals surface area contributed by atoms with Crippen molar-refractivity contribution in [3.63, 3.8) is 0 Å². The van der Waals surface area contributed by atoms with E-state index in [0.29, 0.717) is 33.3 Å². The third kappa shape index (κ3) is 3.85. The van der Waals surface area contributed by atoms with E-state index in [4.69, 9.17) is 0 Å². The van der Waals surface area contributed by atoms with Crippen LogP contribution in [-0.4, -0.2) is 34.2 Å². The van der Waals surface area contributed by atoms with Crippen molar-refractivity contribution >= 4 is 32.6 Å². The highest BCUT2D eigenvalue weighted by Gasteiger charge is 2.35. The number of hydrazone groups is 1. The van der Waals surface area contributed by atoms with Gasteiger partial charge in [0.25, 0.3) is 10.0 Å². The molecule has 0 unspecified atom stereocenters. The number of hydrogen-bond acceptors (Lipinski definition) is 4. The van der Waals surface area contributed by atoms with Gasteiger partial charge in [-0.05, 0) is 48.9 Å². The molecule has 2 heterocycles. The fourth-order valence-electron chi connectivity index (χ4n) is 4.36. The number of halogens is 2. The Kier molecular flexibility index (Phi) is 5.40. The van der Waals surface area contributed by atoms with Crippen molar-refractivity contribution in [2.24, 2.45) is 5.10 Å². The van der Waals surface area contributed by atoms with Gasteiger partial charge < -0.3 is 9.67 Å². The Hall–Kier alpha value is -4.05. The minimum absolute atomic E-state index is 0.0158. The van der Waals surface area contributed by atoms with Gasteiger partial charge in [-0.1, -0.05) is 30.3 Å². The van der Waals surface area contributed by atoms with Crippen molar-refractivity contribution in [2.75, 3.05) is 0 Å². The number of carboxylic acids is 1. The standard InChI is InChI=1S/C25H19F2N3O4S/c1-15-24(20-12-18(27)10-11-21(20)29(15)14-23(31)32)25-19-4-2-3-5-22(19)35(33,34)30(28-25)13-16-6-8-17(26)9-7-16/h2-12H,13-14H2,1H3,(H,31,32). The summed E-state index contributed by atoms with van der Waals surface area (Å²) >= 11 is 0. The first-order valence-electron chi connectivity index (χ1n) is 10.6. The molecule has 178 valence electrons. The van der Waals surface area contributed by atoms with Gasteiger partial charge in [0.05, 0.1) is 11.4 Å². The van der Waals surface area contributed by atoms with Crippen molar-refractivity contribution in [3.8, 4) is 0 Å². The second-order valence-electron chi connectivity index (χ2n) is 8.16. The SMILES string of the molecule is Cc1c(C2=NN(Cc3ccc(F)cc3)S(=O)(=O)c3ccccc32)c2cc(F)ccc2n1CC(=O)O. The molecule has 0 bridgehead atoms. The van der Waals surface area contributed by atoms with Crippen LogP contribution in [0.3, 0.4) is 0 Å². The maximum absolute atomic E-state index is 14.3. The second kappa shape index (κ2) is 8.31. The molecular weight excluding hydrogens is 476 g/mol. The molecule has 7 nitrogen and oxygen atoms in total. The first-order chi connectivity index (χ1) is 16.7. The van der Waals surface area contributed by atoms with Gasteiger partial charge in [0.15, 0.2) is 0 Å². The summed E-state index contributed by atoms with van der Waals surface area (Å²) in [5.41, 5.74) is 2.54. The van der Waals surface area contributed by atoms with Gasteiger partial charge in [-0.2, -0.15) is 17.9 Å². The topological polar surface area (TPSA) is 92.0 Å². The molecule has 1 aromatic heterocycles. The van der Waals surface area contributed by atoms with Crippen molar-refractivity contribution in [1.82, 2.24) is 8.98 Å². The molecule has 1 aliphatic rings. The summed E-state index contributed by atoms with van der Waals surface area (Å²) in [6.45, 7) is 1.18. The van der Waals surface area contributed by atoms with Crippen molar-refractivity contribution in [2.45, 2.75) is 24.9 Å². The Morgan fingerprint density at radius 1 is 1.00 bits per heavy atom. The Bertz CT molecular complexity index is 1630. The number of carbonyl (C=O) groups is 1. The molecule has 0 radical (unpaired) electrons. The molecule has 1 N–H and O–H groups in total. The van der Waals surface area contributed by atoms with Crippen molar-refractivity contribution in [1.29, 1.82) is 0 Å². The van der Waals surface area contributed by atoms with E-state index < -0.39 is 27.6 Å². The lowest BCUT2D eigenvalue weighted by molar-refractivity contribution is -0.137. The summed E-state index contributed by atoms with van der Waals surface area (Å²) in [5.74, 6) is -2.05. The summed E-state index contributed by atoms with van der Waals surface area (Å²) in [6.07, 6.45) is 0. The van der Waals surface area contributed by atoms with E-state index in [2.05, 4.69) is 5.10 Å². The average Bonchev–Trinajstić information content (AvgIpc) is 3.07. The fraction of sp³-hybridized carbons (Fsp3) is 0.120. The predicted molar refractivity (Wildman–Crippen MR) is 125 cm³/mol. The van der Waals surface area contributed by atoms with Crippen molar-refractivity contribution in [3.05, 3.63) is 101 Å². The first kappa shape index (κ1) is 22.7. The third-order valence-corrected chi connectivity index (χ3v) is 7.63.